The highest BCUT2D eigenvalue weighted by atomic mass is 32.1. The molecule has 0 fully saturated rings. The Kier molecular flexibility index (Phi) is 4.36. The fourth-order valence-corrected chi connectivity index (χ4v) is 6.09. The molecule has 7 heteroatoms. The predicted molar refractivity (Wildman–Crippen MR) is 127 cm³/mol. The Hall–Kier alpha value is -2.77. The van der Waals surface area contributed by atoms with Crippen molar-refractivity contribution in [2.45, 2.75) is 39.2 Å². The van der Waals surface area contributed by atoms with Crippen molar-refractivity contribution < 1.29 is 0 Å². The molecular formula is C24H26N6S. The number of likely N-dealkylation sites (N-methyl/N-ethyl adjacent to an activating group) is 1. The molecule has 0 aliphatic heterocycles. The van der Waals surface area contributed by atoms with Gasteiger partial charge in [-0.3, -0.25) is 0 Å². The summed E-state index contributed by atoms with van der Waals surface area (Å²) >= 11 is 1.85. The van der Waals surface area contributed by atoms with E-state index in [0.717, 1.165) is 47.2 Å². The molecule has 0 bridgehead atoms. The number of hydrogen-bond acceptors (Lipinski definition) is 5. The highest BCUT2D eigenvalue weighted by Gasteiger charge is 2.23. The van der Waals surface area contributed by atoms with Gasteiger partial charge in [-0.15, -0.1) is 16.4 Å². The van der Waals surface area contributed by atoms with Gasteiger partial charge >= 0.3 is 0 Å². The Morgan fingerprint density at radius 2 is 1.94 bits per heavy atom. The van der Waals surface area contributed by atoms with Crippen LogP contribution in [0.4, 0.5) is 0 Å². The number of benzene rings is 1. The first-order valence-electron chi connectivity index (χ1n) is 11.0. The van der Waals surface area contributed by atoms with E-state index < -0.39 is 0 Å². The molecule has 1 aromatic carbocycles. The average Bonchev–Trinajstić information content (AvgIpc) is 3.45. The summed E-state index contributed by atoms with van der Waals surface area (Å²) < 4.78 is 4.27. The van der Waals surface area contributed by atoms with Crippen molar-refractivity contribution in [3.05, 3.63) is 46.7 Å². The molecule has 1 aliphatic carbocycles. The van der Waals surface area contributed by atoms with Crippen molar-refractivity contribution >= 4 is 38.1 Å². The zero-order valence-electron chi connectivity index (χ0n) is 18.2. The van der Waals surface area contributed by atoms with E-state index in [2.05, 4.69) is 54.0 Å². The second-order valence-electron chi connectivity index (χ2n) is 8.78. The molecule has 0 saturated carbocycles. The molecule has 0 saturated heterocycles. The first kappa shape index (κ1) is 19.0. The van der Waals surface area contributed by atoms with Gasteiger partial charge < -0.3 is 9.47 Å². The van der Waals surface area contributed by atoms with Gasteiger partial charge in [-0.25, -0.2) is 9.97 Å². The third-order valence-electron chi connectivity index (χ3n) is 6.37. The van der Waals surface area contributed by atoms with Gasteiger partial charge in [0.05, 0.1) is 5.39 Å². The van der Waals surface area contributed by atoms with Crippen molar-refractivity contribution in [3.63, 3.8) is 0 Å². The Morgan fingerprint density at radius 3 is 2.81 bits per heavy atom. The van der Waals surface area contributed by atoms with Crippen molar-refractivity contribution in [1.29, 1.82) is 0 Å². The summed E-state index contributed by atoms with van der Waals surface area (Å²) in [4.78, 5) is 14.8. The normalized spacial score (nSPS) is 14.3. The smallest absolute Gasteiger partial charge is 0.184 e. The van der Waals surface area contributed by atoms with Crippen LogP contribution in [0.3, 0.4) is 0 Å². The lowest BCUT2D eigenvalue weighted by atomic mass is 9.97. The minimum Gasteiger partial charge on any atom is -0.345 e. The molecule has 0 radical (unpaired) electrons. The number of hydrogen-bond donors (Lipinski definition) is 0. The molecular weight excluding hydrogens is 404 g/mol. The van der Waals surface area contributed by atoms with Crippen LogP contribution in [-0.4, -0.2) is 49.7 Å². The summed E-state index contributed by atoms with van der Waals surface area (Å²) in [5.74, 6) is 1.68. The largest absolute Gasteiger partial charge is 0.345 e. The van der Waals surface area contributed by atoms with Crippen LogP contribution < -0.4 is 0 Å². The average molecular weight is 431 g/mol. The molecule has 1 aliphatic rings. The Morgan fingerprint density at radius 1 is 1.10 bits per heavy atom. The lowest BCUT2D eigenvalue weighted by molar-refractivity contribution is 0.387. The summed E-state index contributed by atoms with van der Waals surface area (Å²) in [6, 6.07) is 8.56. The monoisotopic (exact) mass is 430 g/mol. The minimum absolute atomic E-state index is 0.785. The van der Waals surface area contributed by atoms with Gasteiger partial charge in [0.1, 0.15) is 10.7 Å². The molecule has 0 unspecified atom stereocenters. The van der Waals surface area contributed by atoms with Gasteiger partial charge in [-0.05, 0) is 58.3 Å². The van der Waals surface area contributed by atoms with Crippen LogP contribution in [0.5, 0.6) is 0 Å². The molecule has 158 valence electrons. The third-order valence-corrected chi connectivity index (χ3v) is 7.56. The second-order valence-corrected chi connectivity index (χ2v) is 9.86. The van der Waals surface area contributed by atoms with E-state index >= 15 is 0 Å². The number of fused-ring (bicyclic) bond motifs is 6. The molecule has 0 atom stereocenters. The van der Waals surface area contributed by atoms with Gasteiger partial charge in [0.15, 0.2) is 11.5 Å². The van der Waals surface area contributed by atoms with Crippen LogP contribution >= 0.6 is 11.3 Å². The van der Waals surface area contributed by atoms with Gasteiger partial charge in [-0.1, -0.05) is 18.2 Å². The van der Waals surface area contributed by atoms with Gasteiger partial charge in [0, 0.05) is 40.6 Å². The summed E-state index contributed by atoms with van der Waals surface area (Å²) in [7, 11) is 4.22. The number of rotatable bonds is 4. The third kappa shape index (κ3) is 2.98. The molecule has 0 spiro atoms. The van der Waals surface area contributed by atoms with E-state index in [-0.39, 0.29) is 0 Å². The van der Waals surface area contributed by atoms with Crippen molar-refractivity contribution in [3.8, 4) is 11.4 Å². The lowest BCUT2D eigenvalue weighted by Gasteiger charge is -2.10. The standard InChI is InChI=1S/C24H26N6S/c1-15-25-24-21(17-9-5-7-11-20(17)31-24)23-26-22(27-30(15)23)18-14-29(13-12-28(2)3)19-10-6-4-8-16(18)19/h4,6,8,10,14H,5,7,9,11-13H2,1-3H3. The van der Waals surface area contributed by atoms with Crippen molar-refractivity contribution in [1.82, 2.24) is 29.0 Å². The number of aromatic nitrogens is 5. The maximum Gasteiger partial charge on any atom is 0.184 e. The van der Waals surface area contributed by atoms with Gasteiger partial charge in [0.25, 0.3) is 0 Å². The summed E-state index contributed by atoms with van der Waals surface area (Å²) in [6.45, 7) is 3.95. The molecule has 6 rings (SSSR count). The zero-order chi connectivity index (χ0) is 21.1. The molecule has 31 heavy (non-hydrogen) atoms. The Bertz CT molecular complexity index is 1440. The van der Waals surface area contributed by atoms with Crippen molar-refractivity contribution in [2.75, 3.05) is 20.6 Å². The second kappa shape index (κ2) is 7.14. The Labute approximate surface area is 185 Å². The van der Waals surface area contributed by atoms with Crippen molar-refractivity contribution in [2.24, 2.45) is 0 Å². The van der Waals surface area contributed by atoms with E-state index in [1.54, 1.807) is 0 Å². The van der Waals surface area contributed by atoms with Gasteiger partial charge in [0.2, 0.25) is 0 Å². The molecule has 6 nitrogen and oxygen atoms in total. The highest BCUT2D eigenvalue weighted by Crippen LogP contribution is 2.38. The number of thiophene rings is 1. The Balaban J connectivity index is 1.57. The fraction of sp³-hybridized carbons (Fsp3) is 0.375. The minimum atomic E-state index is 0.785. The van der Waals surface area contributed by atoms with Crippen LogP contribution in [0, 0.1) is 6.92 Å². The quantitative estimate of drug-likeness (QED) is 0.414. The van der Waals surface area contributed by atoms with Crippen LogP contribution in [0.1, 0.15) is 29.1 Å². The van der Waals surface area contributed by atoms with E-state index in [1.165, 1.54) is 46.0 Å². The molecule has 0 amide bonds. The van der Waals surface area contributed by atoms with E-state index in [9.17, 15) is 0 Å². The molecule has 5 aromatic rings. The first-order chi connectivity index (χ1) is 15.1. The summed E-state index contributed by atoms with van der Waals surface area (Å²) in [6.07, 6.45) is 7.04. The molecule has 4 heterocycles. The first-order valence-corrected chi connectivity index (χ1v) is 11.8. The van der Waals surface area contributed by atoms with Crippen LogP contribution in [-0.2, 0) is 19.4 Å². The van der Waals surface area contributed by atoms with Crippen LogP contribution in [0.2, 0.25) is 0 Å². The summed E-state index contributed by atoms with van der Waals surface area (Å²) in [5.41, 5.74) is 4.74. The highest BCUT2D eigenvalue weighted by molar-refractivity contribution is 7.19. The lowest BCUT2D eigenvalue weighted by Crippen LogP contribution is -2.17. The maximum atomic E-state index is 5.11. The zero-order valence-corrected chi connectivity index (χ0v) is 19.0. The van der Waals surface area contributed by atoms with Crippen LogP contribution in [0.15, 0.2) is 30.5 Å². The number of nitrogens with zero attached hydrogens (tertiary/aromatic N) is 6. The van der Waals surface area contributed by atoms with Crippen LogP contribution in [0.25, 0.3) is 38.2 Å². The van der Waals surface area contributed by atoms with Gasteiger partial charge in [-0.2, -0.15) is 4.52 Å². The molecule has 0 N–H and O–H groups in total. The number of aryl methyl sites for hydroxylation is 3. The SMILES string of the molecule is Cc1nc2sc3c(c2c2nc(-c4cn(CCN(C)C)c5ccccc45)nn12)CCCC3. The maximum absolute atomic E-state index is 5.11. The predicted octanol–water partition coefficient (Wildman–Crippen LogP) is 4.71. The number of para-hydroxylation sites is 1. The van der Waals surface area contributed by atoms with E-state index in [4.69, 9.17) is 15.1 Å². The fourth-order valence-electron chi connectivity index (χ4n) is 4.79. The molecule has 4 aromatic heterocycles. The topological polar surface area (TPSA) is 51.2 Å². The van der Waals surface area contributed by atoms with E-state index in [1.807, 2.05) is 22.8 Å². The van der Waals surface area contributed by atoms with E-state index in [0.29, 0.717) is 0 Å². The summed E-state index contributed by atoms with van der Waals surface area (Å²) in [5, 5.41) is 7.37.